The molecule has 1 atom stereocenters. The molecule has 3 nitrogen and oxygen atoms in total. The van der Waals surface area contributed by atoms with Gasteiger partial charge in [-0.05, 0) is 6.92 Å². The molecule has 0 fully saturated rings. The van der Waals surface area contributed by atoms with Crippen molar-refractivity contribution in [2.45, 2.75) is 13.8 Å². The van der Waals surface area contributed by atoms with E-state index in [9.17, 15) is 4.79 Å². The zero-order chi connectivity index (χ0) is 7.98. The summed E-state index contributed by atoms with van der Waals surface area (Å²) >= 11 is 0. The third-order valence-corrected chi connectivity index (χ3v) is 0.991. The highest BCUT2D eigenvalue weighted by Gasteiger charge is 1.99. The Balaban J connectivity index is 3.39. The Labute approximate surface area is 60.3 Å². The van der Waals surface area contributed by atoms with E-state index >= 15 is 0 Å². The Hall–Kier alpha value is -0.990. The van der Waals surface area contributed by atoms with E-state index in [0.29, 0.717) is 0 Å². The van der Waals surface area contributed by atoms with Crippen LogP contribution in [0, 0.1) is 5.92 Å². The van der Waals surface area contributed by atoms with Crippen LogP contribution in [0.3, 0.4) is 0 Å². The summed E-state index contributed by atoms with van der Waals surface area (Å²) in [5, 5.41) is 8.08. The Morgan fingerprint density at radius 3 is 2.80 bits per heavy atom. The van der Waals surface area contributed by atoms with Crippen molar-refractivity contribution in [2.75, 3.05) is 6.61 Å². The maximum absolute atomic E-state index is 9.86. The number of allylic oxidation sites excluding steroid dienone is 1. The van der Waals surface area contributed by atoms with E-state index in [1.165, 1.54) is 0 Å². The topological polar surface area (TPSA) is 46.5 Å². The lowest BCUT2D eigenvalue weighted by Gasteiger charge is -2.03. The van der Waals surface area contributed by atoms with Gasteiger partial charge in [0.1, 0.15) is 6.61 Å². The standard InChI is InChI=1S/C7H12O3/c1-3-4-6(2)5-10-7(8)9/h3-4,6H,5H2,1-2H3,(H,8,9)/b4-3+. The first-order valence-electron chi connectivity index (χ1n) is 3.15. The van der Waals surface area contributed by atoms with Crippen molar-refractivity contribution in [3.63, 3.8) is 0 Å². The summed E-state index contributed by atoms with van der Waals surface area (Å²) in [5.74, 6) is 0.168. The lowest BCUT2D eigenvalue weighted by molar-refractivity contribution is 0.0845. The van der Waals surface area contributed by atoms with E-state index in [-0.39, 0.29) is 12.5 Å². The highest BCUT2D eigenvalue weighted by molar-refractivity contribution is 5.56. The summed E-state index contributed by atoms with van der Waals surface area (Å²) in [6.07, 6.45) is 2.55. The van der Waals surface area contributed by atoms with Crippen LogP contribution >= 0.6 is 0 Å². The quantitative estimate of drug-likeness (QED) is 0.486. The van der Waals surface area contributed by atoms with Gasteiger partial charge in [0.2, 0.25) is 0 Å². The molecule has 0 rings (SSSR count). The largest absolute Gasteiger partial charge is 0.505 e. The maximum Gasteiger partial charge on any atom is 0.505 e. The summed E-state index contributed by atoms with van der Waals surface area (Å²) < 4.78 is 4.32. The van der Waals surface area contributed by atoms with Gasteiger partial charge < -0.3 is 9.84 Å². The van der Waals surface area contributed by atoms with Gasteiger partial charge >= 0.3 is 6.16 Å². The van der Waals surface area contributed by atoms with E-state index in [0.717, 1.165) is 0 Å². The van der Waals surface area contributed by atoms with Gasteiger partial charge in [0, 0.05) is 5.92 Å². The molecule has 10 heavy (non-hydrogen) atoms. The predicted octanol–water partition coefficient (Wildman–Crippen LogP) is 1.89. The molecule has 0 radical (unpaired) electrons. The van der Waals surface area contributed by atoms with E-state index in [2.05, 4.69) is 4.74 Å². The highest BCUT2D eigenvalue weighted by atomic mass is 16.7. The fourth-order valence-corrected chi connectivity index (χ4v) is 0.587. The zero-order valence-corrected chi connectivity index (χ0v) is 6.20. The number of rotatable bonds is 3. The van der Waals surface area contributed by atoms with Gasteiger partial charge in [-0.2, -0.15) is 0 Å². The van der Waals surface area contributed by atoms with Crippen molar-refractivity contribution >= 4 is 6.16 Å². The van der Waals surface area contributed by atoms with Crippen molar-refractivity contribution in [2.24, 2.45) is 5.92 Å². The van der Waals surface area contributed by atoms with Gasteiger partial charge in [-0.3, -0.25) is 0 Å². The van der Waals surface area contributed by atoms with Crippen molar-refractivity contribution < 1.29 is 14.6 Å². The van der Waals surface area contributed by atoms with Gasteiger partial charge in [-0.1, -0.05) is 19.1 Å². The minimum absolute atomic E-state index is 0.168. The predicted molar refractivity (Wildman–Crippen MR) is 38.0 cm³/mol. The van der Waals surface area contributed by atoms with Gasteiger partial charge in [-0.25, -0.2) is 4.79 Å². The minimum atomic E-state index is -1.21. The van der Waals surface area contributed by atoms with Crippen molar-refractivity contribution in [3.05, 3.63) is 12.2 Å². The van der Waals surface area contributed by atoms with Crippen LogP contribution in [0.5, 0.6) is 0 Å². The molecule has 58 valence electrons. The van der Waals surface area contributed by atoms with Crippen LogP contribution in [0.25, 0.3) is 0 Å². The van der Waals surface area contributed by atoms with Crippen LogP contribution in [0.15, 0.2) is 12.2 Å². The Morgan fingerprint density at radius 1 is 1.80 bits per heavy atom. The molecule has 0 aromatic heterocycles. The van der Waals surface area contributed by atoms with Crippen LogP contribution in [0.2, 0.25) is 0 Å². The van der Waals surface area contributed by atoms with E-state index < -0.39 is 6.16 Å². The van der Waals surface area contributed by atoms with Gasteiger partial charge in [0.25, 0.3) is 0 Å². The third kappa shape index (κ3) is 5.15. The molecule has 3 heteroatoms. The molecule has 0 saturated carbocycles. The van der Waals surface area contributed by atoms with Crippen molar-refractivity contribution in [3.8, 4) is 0 Å². The van der Waals surface area contributed by atoms with Crippen LogP contribution in [-0.4, -0.2) is 17.9 Å². The third-order valence-electron chi connectivity index (χ3n) is 0.991. The van der Waals surface area contributed by atoms with Crippen LogP contribution in [0.4, 0.5) is 4.79 Å². The minimum Gasteiger partial charge on any atom is -0.450 e. The van der Waals surface area contributed by atoms with Crippen molar-refractivity contribution in [1.29, 1.82) is 0 Å². The highest BCUT2D eigenvalue weighted by Crippen LogP contribution is 1.97. The summed E-state index contributed by atoms with van der Waals surface area (Å²) in [6.45, 7) is 4.01. The number of ether oxygens (including phenoxy) is 1. The van der Waals surface area contributed by atoms with E-state index in [4.69, 9.17) is 5.11 Å². The molecule has 0 aliphatic carbocycles. The second-order valence-corrected chi connectivity index (χ2v) is 2.08. The monoisotopic (exact) mass is 144 g/mol. The first-order chi connectivity index (χ1) is 4.66. The molecule has 0 aromatic rings. The zero-order valence-electron chi connectivity index (χ0n) is 6.20. The number of carboxylic acid groups (broad SMARTS) is 1. The maximum atomic E-state index is 9.86. The van der Waals surface area contributed by atoms with Crippen molar-refractivity contribution in [1.82, 2.24) is 0 Å². The molecular weight excluding hydrogens is 132 g/mol. The Morgan fingerprint density at radius 2 is 2.40 bits per heavy atom. The average Bonchev–Trinajstić information content (AvgIpc) is 1.85. The summed E-state index contributed by atoms with van der Waals surface area (Å²) in [7, 11) is 0. The lowest BCUT2D eigenvalue weighted by Crippen LogP contribution is -2.07. The molecule has 0 spiro atoms. The Bertz CT molecular complexity index is 129. The van der Waals surface area contributed by atoms with Gasteiger partial charge in [-0.15, -0.1) is 0 Å². The second kappa shape index (κ2) is 4.85. The van der Waals surface area contributed by atoms with E-state index in [1.54, 1.807) is 0 Å². The molecule has 0 bridgehead atoms. The molecule has 0 heterocycles. The normalized spacial score (nSPS) is 13.4. The molecule has 0 saturated heterocycles. The van der Waals surface area contributed by atoms with Crippen LogP contribution < -0.4 is 0 Å². The smallest absolute Gasteiger partial charge is 0.450 e. The number of hydrogen-bond acceptors (Lipinski definition) is 2. The van der Waals surface area contributed by atoms with E-state index in [1.807, 2.05) is 26.0 Å². The first kappa shape index (κ1) is 9.01. The van der Waals surface area contributed by atoms with Gasteiger partial charge in [0.15, 0.2) is 0 Å². The second-order valence-electron chi connectivity index (χ2n) is 2.08. The SMILES string of the molecule is C/C=C/C(C)COC(=O)O. The average molecular weight is 144 g/mol. The number of hydrogen-bond donors (Lipinski definition) is 1. The molecule has 1 unspecified atom stereocenters. The number of carbonyl (C=O) groups is 1. The summed E-state index contributed by atoms with van der Waals surface area (Å²) in [4.78, 5) is 9.86. The summed E-state index contributed by atoms with van der Waals surface area (Å²) in [6, 6.07) is 0. The molecule has 0 amide bonds. The Kier molecular flexibility index (Phi) is 4.37. The first-order valence-corrected chi connectivity index (χ1v) is 3.15. The molecule has 0 aliphatic rings. The molecule has 0 aromatic carbocycles. The lowest BCUT2D eigenvalue weighted by atomic mass is 10.2. The van der Waals surface area contributed by atoms with Gasteiger partial charge in [0.05, 0.1) is 0 Å². The molecular formula is C7H12O3. The fraction of sp³-hybridized carbons (Fsp3) is 0.571. The summed E-state index contributed by atoms with van der Waals surface area (Å²) in [5.41, 5.74) is 0. The van der Waals surface area contributed by atoms with Crippen LogP contribution in [0.1, 0.15) is 13.8 Å². The molecule has 1 N–H and O–H groups in total. The molecule has 0 aliphatic heterocycles. The van der Waals surface area contributed by atoms with Crippen LogP contribution in [-0.2, 0) is 4.74 Å². The fourth-order valence-electron chi connectivity index (χ4n) is 0.587.